The summed E-state index contributed by atoms with van der Waals surface area (Å²) in [5.41, 5.74) is 0.376. The van der Waals surface area contributed by atoms with Gasteiger partial charge in [0, 0.05) is 6.04 Å². The van der Waals surface area contributed by atoms with Crippen molar-refractivity contribution in [2.24, 2.45) is 0 Å². The average Bonchev–Trinajstić information content (AvgIpc) is 2.40. The molecule has 0 amide bonds. The van der Waals surface area contributed by atoms with Crippen molar-refractivity contribution in [2.75, 3.05) is 6.61 Å². The lowest BCUT2D eigenvalue weighted by Crippen LogP contribution is -2.56. The molecule has 0 saturated heterocycles. The maximum absolute atomic E-state index is 9.95. The normalized spacial score (nSPS) is 38.6. The highest BCUT2D eigenvalue weighted by Crippen LogP contribution is 2.23. The summed E-state index contributed by atoms with van der Waals surface area (Å²) in [5.74, 6) is 0. The quantitative estimate of drug-likeness (QED) is 0.431. The third-order valence-corrected chi connectivity index (χ3v) is 4.03. The zero-order valence-electron chi connectivity index (χ0n) is 10.5. The number of hydrogen-bond donors (Lipinski definition) is 5. The van der Waals surface area contributed by atoms with E-state index < -0.39 is 24.4 Å². The summed E-state index contributed by atoms with van der Waals surface area (Å²) < 4.78 is 0. The van der Waals surface area contributed by atoms with Gasteiger partial charge in [0.1, 0.15) is 18.3 Å². The lowest BCUT2D eigenvalue weighted by atomic mass is 9.86. The summed E-state index contributed by atoms with van der Waals surface area (Å²) in [7, 11) is 0. The zero-order chi connectivity index (χ0) is 13.1. The molecule has 0 radical (unpaired) electrons. The summed E-state index contributed by atoms with van der Waals surface area (Å²) in [6, 6.07) is -0.0503. The predicted octanol–water partition coefficient (Wildman–Crippen LogP) is -0.708. The van der Waals surface area contributed by atoms with Gasteiger partial charge in [-0.2, -0.15) is 0 Å². The molecule has 18 heavy (non-hydrogen) atoms. The Hall–Kier alpha value is -0.460. The molecule has 0 heterocycles. The van der Waals surface area contributed by atoms with Crippen LogP contribution >= 0.6 is 0 Å². The second kappa shape index (κ2) is 6.12. The molecule has 4 atom stereocenters. The fourth-order valence-corrected chi connectivity index (χ4v) is 2.88. The monoisotopic (exact) mass is 257 g/mol. The summed E-state index contributed by atoms with van der Waals surface area (Å²) in [5, 5.41) is 41.8. The van der Waals surface area contributed by atoms with Crippen molar-refractivity contribution in [2.45, 2.75) is 62.5 Å². The number of aliphatic hydroxyl groups is 4. The van der Waals surface area contributed by atoms with Crippen molar-refractivity contribution in [3.63, 3.8) is 0 Å². The van der Waals surface area contributed by atoms with Crippen LogP contribution in [0.1, 0.15) is 32.1 Å². The van der Waals surface area contributed by atoms with Gasteiger partial charge in [0.15, 0.2) is 0 Å². The highest BCUT2D eigenvalue weighted by Gasteiger charge is 2.37. The van der Waals surface area contributed by atoms with Gasteiger partial charge in [-0.3, -0.25) is 0 Å². The van der Waals surface area contributed by atoms with E-state index in [1.54, 1.807) is 6.08 Å². The van der Waals surface area contributed by atoms with Crippen LogP contribution in [0.15, 0.2) is 11.6 Å². The third-order valence-electron chi connectivity index (χ3n) is 4.03. The highest BCUT2D eigenvalue weighted by molar-refractivity contribution is 5.21. The van der Waals surface area contributed by atoms with E-state index in [1.807, 2.05) is 0 Å². The Morgan fingerprint density at radius 1 is 1.06 bits per heavy atom. The van der Waals surface area contributed by atoms with Gasteiger partial charge in [-0.1, -0.05) is 25.3 Å². The van der Waals surface area contributed by atoms with Crippen LogP contribution < -0.4 is 5.32 Å². The van der Waals surface area contributed by atoms with Crippen molar-refractivity contribution >= 4 is 0 Å². The van der Waals surface area contributed by atoms with Crippen molar-refractivity contribution in [1.29, 1.82) is 0 Å². The van der Waals surface area contributed by atoms with Crippen LogP contribution in [-0.2, 0) is 0 Å². The summed E-state index contributed by atoms with van der Waals surface area (Å²) >= 11 is 0. The summed E-state index contributed by atoms with van der Waals surface area (Å²) in [6.45, 7) is -0.298. The predicted molar refractivity (Wildman–Crippen MR) is 67.0 cm³/mol. The third kappa shape index (κ3) is 2.92. The van der Waals surface area contributed by atoms with E-state index in [-0.39, 0.29) is 6.61 Å². The van der Waals surface area contributed by atoms with Crippen LogP contribution in [0.3, 0.4) is 0 Å². The minimum Gasteiger partial charge on any atom is -0.392 e. The molecule has 1 fully saturated rings. The van der Waals surface area contributed by atoms with Gasteiger partial charge in [0.2, 0.25) is 0 Å². The standard InChI is InChI=1S/C13H23NO4/c15-7-8-6-10(12(17)13(18)11(8)16)14-9-4-2-1-3-5-9/h6,9-18H,1-5,7H2. The van der Waals surface area contributed by atoms with Crippen molar-refractivity contribution in [3.8, 4) is 0 Å². The number of rotatable bonds is 3. The Morgan fingerprint density at radius 3 is 2.33 bits per heavy atom. The maximum atomic E-state index is 9.95. The fraction of sp³-hybridized carbons (Fsp3) is 0.846. The topological polar surface area (TPSA) is 93.0 Å². The molecule has 0 bridgehead atoms. The van der Waals surface area contributed by atoms with Crippen LogP contribution in [0.4, 0.5) is 0 Å². The Kier molecular flexibility index (Phi) is 4.75. The summed E-state index contributed by atoms with van der Waals surface area (Å²) in [4.78, 5) is 0. The van der Waals surface area contributed by atoms with Gasteiger partial charge in [-0.15, -0.1) is 0 Å². The Bertz CT molecular complexity index is 301. The van der Waals surface area contributed by atoms with Crippen molar-refractivity contribution in [1.82, 2.24) is 5.32 Å². The van der Waals surface area contributed by atoms with E-state index in [4.69, 9.17) is 5.11 Å². The first-order chi connectivity index (χ1) is 8.63. The Morgan fingerprint density at radius 2 is 1.72 bits per heavy atom. The summed E-state index contributed by atoms with van der Waals surface area (Å²) in [6.07, 6.45) is 3.98. The maximum Gasteiger partial charge on any atom is 0.111 e. The first-order valence-electron chi connectivity index (χ1n) is 6.75. The van der Waals surface area contributed by atoms with Gasteiger partial charge in [0.05, 0.1) is 12.6 Å². The Labute approximate surface area is 107 Å². The van der Waals surface area contributed by atoms with E-state index in [0.29, 0.717) is 11.6 Å². The smallest absolute Gasteiger partial charge is 0.111 e. The SMILES string of the molecule is OCC1=CC(NC2CCCCC2)C(O)C(O)C1O. The molecule has 2 rings (SSSR count). The molecule has 2 aliphatic carbocycles. The van der Waals surface area contributed by atoms with Crippen molar-refractivity contribution < 1.29 is 20.4 Å². The van der Waals surface area contributed by atoms with Crippen LogP contribution in [0.25, 0.3) is 0 Å². The van der Waals surface area contributed by atoms with Crippen LogP contribution in [0.2, 0.25) is 0 Å². The molecule has 0 aromatic carbocycles. The number of hydrogen-bond acceptors (Lipinski definition) is 5. The van der Waals surface area contributed by atoms with E-state index in [0.717, 1.165) is 12.8 Å². The minimum atomic E-state index is -1.24. The molecule has 2 aliphatic rings. The second-order valence-electron chi connectivity index (χ2n) is 5.35. The van der Waals surface area contributed by atoms with E-state index >= 15 is 0 Å². The molecule has 5 nitrogen and oxygen atoms in total. The van der Waals surface area contributed by atoms with Crippen LogP contribution in [0, 0.1) is 0 Å². The molecule has 104 valence electrons. The molecular weight excluding hydrogens is 234 g/mol. The molecule has 0 spiro atoms. The lowest BCUT2D eigenvalue weighted by Gasteiger charge is -2.37. The Balaban J connectivity index is 2.03. The second-order valence-corrected chi connectivity index (χ2v) is 5.35. The van der Waals surface area contributed by atoms with E-state index in [1.165, 1.54) is 19.3 Å². The molecule has 0 aromatic rings. The largest absolute Gasteiger partial charge is 0.392 e. The van der Waals surface area contributed by atoms with Gasteiger partial charge >= 0.3 is 0 Å². The molecule has 4 unspecified atom stereocenters. The molecule has 0 aliphatic heterocycles. The average molecular weight is 257 g/mol. The molecule has 5 heteroatoms. The van der Waals surface area contributed by atoms with Crippen molar-refractivity contribution in [3.05, 3.63) is 11.6 Å². The molecule has 5 N–H and O–H groups in total. The van der Waals surface area contributed by atoms with E-state index in [9.17, 15) is 15.3 Å². The van der Waals surface area contributed by atoms with Gasteiger partial charge < -0.3 is 25.7 Å². The molecule has 1 saturated carbocycles. The van der Waals surface area contributed by atoms with Gasteiger partial charge in [-0.05, 0) is 18.4 Å². The van der Waals surface area contributed by atoms with E-state index in [2.05, 4.69) is 5.32 Å². The minimum absolute atomic E-state index is 0.298. The van der Waals surface area contributed by atoms with Crippen LogP contribution in [0.5, 0.6) is 0 Å². The fourth-order valence-electron chi connectivity index (χ4n) is 2.88. The number of aliphatic hydroxyl groups excluding tert-OH is 4. The van der Waals surface area contributed by atoms with Crippen LogP contribution in [-0.4, -0.2) is 57.4 Å². The number of nitrogens with one attached hydrogen (secondary N) is 1. The van der Waals surface area contributed by atoms with Gasteiger partial charge in [-0.25, -0.2) is 0 Å². The molecule has 0 aromatic heterocycles. The lowest BCUT2D eigenvalue weighted by molar-refractivity contribution is -0.0657. The molecular formula is C13H23NO4. The first-order valence-corrected chi connectivity index (χ1v) is 6.75. The van der Waals surface area contributed by atoms with Gasteiger partial charge in [0.25, 0.3) is 0 Å². The highest BCUT2D eigenvalue weighted by atomic mass is 16.4. The first kappa shape index (κ1) is 14.0. The zero-order valence-corrected chi connectivity index (χ0v) is 10.5.